The highest BCUT2D eigenvalue weighted by Crippen LogP contribution is 2.39. The van der Waals surface area contributed by atoms with Gasteiger partial charge in [0, 0.05) is 19.7 Å². The van der Waals surface area contributed by atoms with E-state index in [2.05, 4.69) is 9.27 Å². The summed E-state index contributed by atoms with van der Waals surface area (Å²) in [6.45, 7) is 7.37. The maximum absolute atomic E-state index is 5.83. The lowest BCUT2D eigenvalue weighted by Crippen LogP contribution is -2.36. The van der Waals surface area contributed by atoms with E-state index >= 15 is 0 Å². The third-order valence-corrected chi connectivity index (χ3v) is 3.98. The Labute approximate surface area is 112 Å². The molecule has 2 N–H and O–H groups in total. The second-order valence-electron chi connectivity index (χ2n) is 4.28. The molecule has 0 spiro atoms. The Hall–Kier alpha value is -1.01. The number of rotatable bonds is 5. The van der Waals surface area contributed by atoms with Crippen LogP contribution in [0, 0.1) is 0 Å². The molecule has 0 aliphatic carbocycles. The van der Waals surface area contributed by atoms with Crippen LogP contribution in [0.4, 0.5) is 10.8 Å². The molecule has 0 aromatic carbocycles. The predicted molar refractivity (Wildman–Crippen MR) is 74.6 cm³/mol. The van der Waals surface area contributed by atoms with Gasteiger partial charge >= 0.3 is 0 Å². The zero-order valence-corrected chi connectivity index (χ0v) is 11.8. The maximum Gasteiger partial charge on any atom is 0.197 e. The Morgan fingerprint density at radius 3 is 2.67 bits per heavy atom. The molecule has 6 heteroatoms. The first kappa shape index (κ1) is 13.4. The highest BCUT2D eigenvalue weighted by molar-refractivity contribution is 7.11. The Balaban J connectivity index is 2.00. The molecule has 1 aliphatic rings. The van der Waals surface area contributed by atoms with Crippen LogP contribution < -0.4 is 15.4 Å². The van der Waals surface area contributed by atoms with Gasteiger partial charge in [-0.25, -0.2) is 0 Å². The molecular formula is C12H21N3O2S. The molecule has 2 heterocycles. The van der Waals surface area contributed by atoms with Gasteiger partial charge in [-0.3, -0.25) is 0 Å². The molecule has 1 saturated heterocycles. The topological polar surface area (TPSA) is 60.6 Å². The van der Waals surface area contributed by atoms with Gasteiger partial charge in [0.05, 0.1) is 12.7 Å². The van der Waals surface area contributed by atoms with Crippen molar-refractivity contribution in [3.8, 4) is 5.75 Å². The number of nitrogens with two attached hydrogens (primary N) is 1. The van der Waals surface area contributed by atoms with Crippen LogP contribution in [-0.2, 0) is 4.74 Å². The van der Waals surface area contributed by atoms with Crippen LogP contribution in [0.25, 0.3) is 0 Å². The molecule has 0 radical (unpaired) electrons. The van der Waals surface area contributed by atoms with Crippen molar-refractivity contribution in [3.63, 3.8) is 0 Å². The van der Waals surface area contributed by atoms with Crippen molar-refractivity contribution in [3.05, 3.63) is 0 Å². The molecule has 1 aromatic rings. The van der Waals surface area contributed by atoms with Gasteiger partial charge in [0.15, 0.2) is 16.6 Å². The number of anilines is 2. The second kappa shape index (κ2) is 6.24. The highest BCUT2D eigenvalue weighted by atomic mass is 32.1. The van der Waals surface area contributed by atoms with Crippen LogP contribution >= 0.6 is 11.5 Å². The van der Waals surface area contributed by atoms with Gasteiger partial charge in [0.25, 0.3) is 0 Å². The lowest BCUT2D eigenvalue weighted by Gasteiger charge is -2.32. The van der Waals surface area contributed by atoms with Gasteiger partial charge in [-0.1, -0.05) is 0 Å². The quantitative estimate of drug-likeness (QED) is 0.889. The molecule has 1 aromatic heterocycles. The van der Waals surface area contributed by atoms with Crippen LogP contribution in [0.1, 0.15) is 26.7 Å². The van der Waals surface area contributed by atoms with E-state index in [-0.39, 0.29) is 0 Å². The Morgan fingerprint density at radius 2 is 2.06 bits per heavy atom. The molecule has 0 bridgehead atoms. The van der Waals surface area contributed by atoms with Crippen LogP contribution in [0.2, 0.25) is 0 Å². The van der Waals surface area contributed by atoms with Crippen LogP contribution in [0.5, 0.6) is 5.75 Å². The number of hydrogen-bond acceptors (Lipinski definition) is 6. The lowest BCUT2D eigenvalue weighted by atomic mass is 10.1. The fourth-order valence-corrected chi connectivity index (χ4v) is 3.04. The summed E-state index contributed by atoms with van der Waals surface area (Å²) >= 11 is 1.42. The summed E-state index contributed by atoms with van der Waals surface area (Å²) in [4.78, 5) is 2.30. The Bertz CT molecular complexity index is 375. The van der Waals surface area contributed by atoms with Crippen molar-refractivity contribution < 1.29 is 9.47 Å². The van der Waals surface area contributed by atoms with Crippen LogP contribution in [0.15, 0.2) is 0 Å². The van der Waals surface area contributed by atoms with Gasteiger partial charge in [-0.05, 0) is 38.2 Å². The first-order valence-corrected chi connectivity index (χ1v) is 7.28. The van der Waals surface area contributed by atoms with Gasteiger partial charge in [0.2, 0.25) is 0 Å². The maximum atomic E-state index is 5.83. The summed E-state index contributed by atoms with van der Waals surface area (Å²) in [5.41, 5.74) is 5.83. The lowest BCUT2D eigenvalue weighted by molar-refractivity contribution is 0.0459. The van der Waals surface area contributed by atoms with E-state index in [0.717, 1.165) is 43.3 Å². The number of piperidine rings is 1. The standard InChI is InChI=1S/C12H21N3O2S/c1-3-16-9-5-7-15(8-6-9)12-10(17-4-2)11(13)14-18-12/h9H,3-8H2,1-2H3,(H2,13,14). The van der Waals surface area contributed by atoms with Crippen molar-refractivity contribution in [1.29, 1.82) is 0 Å². The number of aromatic nitrogens is 1. The molecular weight excluding hydrogens is 250 g/mol. The van der Waals surface area contributed by atoms with E-state index in [1.54, 1.807) is 0 Å². The number of hydrogen-bond donors (Lipinski definition) is 1. The summed E-state index contributed by atoms with van der Waals surface area (Å²) < 4.78 is 15.4. The summed E-state index contributed by atoms with van der Waals surface area (Å²) in [5.74, 6) is 1.25. The fraction of sp³-hybridized carbons (Fsp3) is 0.750. The fourth-order valence-electron chi connectivity index (χ4n) is 2.23. The van der Waals surface area contributed by atoms with E-state index in [9.17, 15) is 0 Å². The molecule has 5 nitrogen and oxygen atoms in total. The highest BCUT2D eigenvalue weighted by Gasteiger charge is 2.24. The van der Waals surface area contributed by atoms with Crippen molar-refractivity contribution in [2.24, 2.45) is 0 Å². The van der Waals surface area contributed by atoms with Gasteiger partial charge in [-0.15, -0.1) is 0 Å². The molecule has 0 saturated carbocycles. The van der Waals surface area contributed by atoms with Crippen molar-refractivity contribution in [2.75, 3.05) is 36.9 Å². The van der Waals surface area contributed by atoms with E-state index in [1.165, 1.54) is 11.5 Å². The second-order valence-corrected chi connectivity index (χ2v) is 5.03. The Morgan fingerprint density at radius 1 is 1.33 bits per heavy atom. The number of nitrogens with zero attached hydrogens (tertiary/aromatic N) is 2. The largest absolute Gasteiger partial charge is 0.487 e. The van der Waals surface area contributed by atoms with Crippen molar-refractivity contribution in [1.82, 2.24) is 4.37 Å². The zero-order valence-electron chi connectivity index (χ0n) is 11.0. The normalized spacial score (nSPS) is 17.1. The summed E-state index contributed by atoms with van der Waals surface area (Å²) in [6, 6.07) is 0. The van der Waals surface area contributed by atoms with E-state index < -0.39 is 0 Å². The minimum Gasteiger partial charge on any atom is -0.487 e. The summed E-state index contributed by atoms with van der Waals surface area (Å²) in [7, 11) is 0. The molecule has 0 amide bonds. The molecule has 0 atom stereocenters. The zero-order chi connectivity index (χ0) is 13.0. The van der Waals surface area contributed by atoms with E-state index in [4.69, 9.17) is 15.2 Å². The number of ether oxygens (including phenoxy) is 2. The molecule has 1 aliphatic heterocycles. The third kappa shape index (κ3) is 2.87. The summed E-state index contributed by atoms with van der Waals surface area (Å²) in [6.07, 6.45) is 2.50. The SMILES string of the molecule is CCOc1c(N)nsc1N1CCC(OCC)CC1. The average molecular weight is 271 g/mol. The van der Waals surface area contributed by atoms with Gasteiger partial charge in [0.1, 0.15) is 0 Å². The number of nitrogen functional groups attached to an aromatic ring is 1. The summed E-state index contributed by atoms with van der Waals surface area (Å²) in [5, 5.41) is 1.06. The average Bonchev–Trinajstić information content (AvgIpc) is 2.73. The first-order valence-electron chi connectivity index (χ1n) is 6.50. The van der Waals surface area contributed by atoms with E-state index in [0.29, 0.717) is 18.5 Å². The molecule has 2 rings (SSSR count). The third-order valence-electron chi connectivity index (χ3n) is 3.08. The van der Waals surface area contributed by atoms with Gasteiger partial charge < -0.3 is 20.1 Å². The van der Waals surface area contributed by atoms with Crippen molar-refractivity contribution >= 4 is 22.4 Å². The van der Waals surface area contributed by atoms with Crippen molar-refractivity contribution in [2.45, 2.75) is 32.8 Å². The molecule has 0 unspecified atom stereocenters. The first-order chi connectivity index (χ1) is 8.76. The van der Waals surface area contributed by atoms with Crippen LogP contribution in [-0.4, -0.2) is 36.8 Å². The Kier molecular flexibility index (Phi) is 4.66. The van der Waals surface area contributed by atoms with Gasteiger partial charge in [-0.2, -0.15) is 4.37 Å². The monoisotopic (exact) mass is 271 g/mol. The van der Waals surface area contributed by atoms with Crippen LogP contribution in [0.3, 0.4) is 0 Å². The van der Waals surface area contributed by atoms with E-state index in [1.807, 2.05) is 13.8 Å². The smallest absolute Gasteiger partial charge is 0.197 e. The molecule has 1 fully saturated rings. The molecule has 102 valence electrons. The minimum absolute atomic E-state index is 0.395. The minimum atomic E-state index is 0.395. The molecule has 18 heavy (non-hydrogen) atoms. The predicted octanol–water partition coefficient (Wildman–Crippen LogP) is 2.13.